The van der Waals surface area contributed by atoms with Crippen molar-refractivity contribution in [3.63, 3.8) is 0 Å². The number of ether oxygens (including phenoxy) is 3. The summed E-state index contributed by atoms with van der Waals surface area (Å²) in [6, 6.07) is 15.7. The van der Waals surface area contributed by atoms with Gasteiger partial charge in [0.25, 0.3) is 0 Å². The van der Waals surface area contributed by atoms with Crippen LogP contribution < -0.4 is 4.74 Å². The quantitative estimate of drug-likeness (QED) is 0.465. The molecule has 114 valence electrons. The second kappa shape index (κ2) is 8.00. The normalized spacial score (nSPS) is 10.6. The summed E-state index contributed by atoms with van der Waals surface area (Å²) < 4.78 is 14.8. The van der Waals surface area contributed by atoms with Crippen LogP contribution in [0.5, 0.6) is 5.75 Å². The van der Waals surface area contributed by atoms with Crippen molar-refractivity contribution in [3.05, 3.63) is 60.2 Å². The lowest BCUT2D eigenvalue weighted by Gasteiger charge is -2.06. The summed E-state index contributed by atoms with van der Waals surface area (Å²) in [6.07, 6.45) is 3.12. The van der Waals surface area contributed by atoms with Crippen LogP contribution in [0.1, 0.15) is 5.56 Å². The van der Waals surface area contributed by atoms with Crippen molar-refractivity contribution in [2.45, 2.75) is 0 Å². The van der Waals surface area contributed by atoms with E-state index in [1.807, 2.05) is 48.5 Å². The van der Waals surface area contributed by atoms with Gasteiger partial charge in [-0.15, -0.1) is 0 Å². The highest BCUT2D eigenvalue weighted by atomic mass is 16.7. The van der Waals surface area contributed by atoms with Crippen molar-refractivity contribution >= 4 is 12.0 Å². The summed E-state index contributed by atoms with van der Waals surface area (Å²) in [7, 11) is 2.94. The molecular formula is C18H18O4. The molecular weight excluding hydrogens is 280 g/mol. The van der Waals surface area contributed by atoms with Gasteiger partial charge in [-0.1, -0.05) is 36.4 Å². The smallest absolute Gasteiger partial charge is 0.330 e. The van der Waals surface area contributed by atoms with Gasteiger partial charge in [-0.25, -0.2) is 4.79 Å². The molecule has 0 aliphatic carbocycles. The van der Waals surface area contributed by atoms with E-state index in [0.717, 1.165) is 22.4 Å². The molecule has 0 aliphatic rings. The van der Waals surface area contributed by atoms with E-state index < -0.39 is 0 Å². The Bertz CT molecular complexity index is 627. The van der Waals surface area contributed by atoms with Gasteiger partial charge >= 0.3 is 5.97 Å². The minimum Gasteiger partial charge on any atom is -0.468 e. The summed E-state index contributed by atoms with van der Waals surface area (Å²) in [5.41, 5.74) is 3.12. The number of benzene rings is 2. The van der Waals surface area contributed by atoms with Crippen LogP contribution in [0.15, 0.2) is 54.6 Å². The first kappa shape index (κ1) is 15.8. The molecule has 0 radical (unpaired) electrons. The minimum absolute atomic E-state index is 0.237. The fraction of sp³-hybridized carbons (Fsp3) is 0.167. The maximum atomic E-state index is 11.1. The van der Waals surface area contributed by atoms with E-state index >= 15 is 0 Å². The molecule has 0 fully saturated rings. The molecule has 0 unspecified atom stereocenters. The Morgan fingerprint density at radius 2 is 1.55 bits per heavy atom. The average Bonchev–Trinajstić information content (AvgIpc) is 2.58. The molecule has 0 aliphatic heterocycles. The van der Waals surface area contributed by atoms with Gasteiger partial charge in [0.2, 0.25) is 0 Å². The van der Waals surface area contributed by atoms with E-state index in [9.17, 15) is 4.79 Å². The van der Waals surface area contributed by atoms with E-state index in [2.05, 4.69) is 4.74 Å². The van der Waals surface area contributed by atoms with Crippen LogP contribution in [0.4, 0.5) is 0 Å². The van der Waals surface area contributed by atoms with Gasteiger partial charge < -0.3 is 14.2 Å². The third-order valence-electron chi connectivity index (χ3n) is 3.05. The standard InChI is InChI=1S/C18H18O4/c1-20-13-22-17-10-8-16(9-11-17)15-6-3-14(4-7-15)5-12-18(19)21-2/h3-12H,13H2,1-2H3. The van der Waals surface area contributed by atoms with Crippen LogP contribution in [0, 0.1) is 0 Å². The van der Waals surface area contributed by atoms with Gasteiger partial charge in [-0.05, 0) is 34.9 Å². The first-order valence-corrected chi connectivity index (χ1v) is 6.81. The molecule has 0 saturated heterocycles. The highest BCUT2D eigenvalue weighted by Gasteiger charge is 1.99. The molecule has 22 heavy (non-hydrogen) atoms. The lowest BCUT2D eigenvalue weighted by atomic mass is 10.0. The van der Waals surface area contributed by atoms with Crippen molar-refractivity contribution in [3.8, 4) is 16.9 Å². The van der Waals surface area contributed by atoms with E-state index in [0.29, 0.717) is 0 Å². The maximum absolute atomic E-state index is 11.1. The lowest BCUT2D eigenvalue weighted by Crippen LogP contribution is -1.98. The van der Waals surface area contributed by atoms with Crippen LogP contribution >= 0.6 is 0 Å². The second-order valence-electron chi connectivity index (χ2n) is 4.55. The number of rotatable bonds is 6. The number of carbonyl (C=O) groups excluding carboxylic acids is 1. The zero-order chi connectivity index (χ0) is 15.8. The Hall–Kier alpha value is -2.59. The van der Waals surface area contributed by atoms with Gasteiger partial charge in [-0.2, -0.15) is 0 Å². The van der Waals surface area contributed by atoms with Gasteiger partial charge in [0.05, 0.1) is 7.11 Å². The number of carbonyl (C=O) groups is 1. The molecule has 0 amide bonds. The number of esters is 1. The molecule has 0 N–H and O–H groups in total. The zero-order valence-electron chi connectivity index (χ0n) is 12.6. The molecule has 0 aromatic heterocycles. The molecule has 0 spiro atoms. The van der Waals surface area contributed by atoms with Crippen molar-refractivity contribution in [1.29, 1.82) is 0 Å². The van der Waals surface area contributed by atoms with Crippen molar-refractivity contribution in [2.24, 2.45) is 0 Å². The van der Waals surface area contributed by atoms with Crippen LogP contribution in [0.2, 0.25) is 0 Å². The van der Waals surface area contributed by atoms with Crippen LogP contribution in [0.3, 0.4) is 0 Å². The van der Waals surface area contributed by atoms with Crippen molar-refractivity contribution < 1.29 is 19.0 Å². The Kier molecular flexibility index (Phi) is 5.74. The van der Waals surface area contributed by atoms with Gasteiger partial charge in [-0.3, -0.25) is 0 Å². The number of hydrogen-bond donors (Lipinski definition) is 0. The minimum atomic E-state index is -0.365. The van der Waals surface area contributed by atoms with Crippen LogP contribution in [-0.4, -0.2) is 27.0 Å². The zero-order valence-corrected chi connectivity index (χ0v) is 12.6. The third kappa shape index (κ3) is 4.46. The van der Waals surface area contributed by atoms with Crippen LogP contribution in [-0.2, 0) is 14.3 Å². The Morgan fingerprint density at radius 3 is 2.09 bits per heavy atom. The Morgan fingerprint density at radius 1 is 0.955 bits per heavy atom. The fourth-order valence-electron chi connectivity index (χ4n) is 1.89. The average molecular weight is 298 g/mol. The predicted molar refractivity (Wildman–Crippen MR) is 85.4 cm³/mol. The Labute approximate surface area is 129 Å². The summed E-state index contributed by atoms with van der Waals surface area (Å²) in [5.74, 6) is 0.402. The molecule has 2 aromatic rings. The summed E-state index contributed by atoms with van der Waals surface area (Å²) >= 11 is 0. The number of hydrogen-bond acceptors (Lipinski definition) is 4. The highest BCUT2D eigenvalue weighted by molar-refractivity contribution is 5.87. The first-order valence-electron chi connectivity index (χ1n) is 6.81. The van der Waals surface area contributed by atoms with E-state index in [4.69, 9.17) is 9.47 Å². The summed E-state index contributed by atoms with van der Waals surface area (Å²) in [6.45, 7) is 0.237. The van der Waals surface area contributed by atoms with Gasteiger partial charge in [0.1, 0.15) is 5.75 Å². The van der Waals surface area contributed by atoms with Gasteiger partial charge in [0.15, 0.2) is 6.79 Å². The summed E-state index contributed by atoms with van der Waals surface area (Å²) in [4.78, 5) is 11.1. The maximum Gasteiger partial charge on any atom is 0.330 e. The molecule has 0 atom stereocenters. The van der Waals surface area contributed by atoms with E-state index in [1.165, 1.54) is 13.2 Å². The SMILES string of the molecule is COCOc1ccc(-c2ccc(C=CC(=O)OC)cc2)cc1. The molecule has 0 heterocycles. The van der Waals surface area contributed by atoms with Crippen molar-refractivity contribution in [1.82, 2.24) is 0 Å². The molecule has 0 bridgehead atoms. The second-order valence-corrected chi connectivity index (χ2v) is 4.55. The van der Waals surface area contributed by atoms with Crippen LogP contribution in [0.25, 0.3) is 17.2 Å². The van der Waals surface area contributed by atoms with Crippen molar-refractivity contribution in [2.75, 3.05) is 21.0 Å². The monoisotopic (exact) mass is 298 g/mol. The summed E-state index contributed by atoms with van der Waals surface area (Å²) in [5, 5.41) is 0. The molecule has 4 nitrogen and oxygen atoms in total. The fourth-order valence-corrected chi connectivity index (χ4v) is 1.89. The molecule has 0 saturated carbocycles. The Balaban J connectivity index is 2.06. The molecule has 2 aromatic carbocycles. The number of methoxy groups -OCH3 is 2. The first-order chi connectivity index (χ1) is 10.7. The predicted octanol–water partition coefficient (Wildman–Crippen LogP) is 3.52. The third-order valence-corrected chi connectivity index (χ3v) is 3.05. The molecule has 4 heteroatoms. The highest BCUT2D eigenvalue weighted by Crippen LogP contribution is 2.23. The van der Waals surface area contributed by atoms with Gasteiger partial charge in [0, 0.05) is 13.2 Å². The lowest BCUT2D eigenvalue weighted by molar-refractivity contribution is -0.134. The topological polar surface area (TPSA) is 44.8 Å². The molecule has 2 rings (SSSR count). The largest absolute Gasteiger partial charge is 0.468 e. The van der Waals surface area contributed by atoms with E-state index in [1.54, 1.807) is 13.2 Å². The van der Waals surface area contributed by atoms with E-state index in [-0.39, 0.29) is 12.8 Å².